The van der Waals surface area contributed by atoms with E-state index in [1.54, 1.807) is 0 Å². The molecule has 6 nitrogen and oxygen atoms in total. The Labute approximate surface area is 561 Å². The molecule has 4 unspecified atom stereocenters. The van der Waals surface area contributed by atoms with Crippen LogP contribution >= 0.6 is 21.4 Å². The van der Waals surface area contributed by atoms with Crippen LogP contribution in [0.1, 0.15) is 75.8 Å². The van der Waals surface area contributed by atoms with Gasteiger partial charge in [-0.25, -0.2) is 15.0 Å². The first-order valence-corrected chi connectivity index (χ1v) is 38.1. The van der Waals surface area contributed by atoms with Gasteiger partial charge in [0.25, 0.3) is 0 Å². The van der Waals surface area contributed by atoms with E-state index in [1.807, 2.05) is 224 Å². The number of allylic oxidation sites excluding steroid dienone is 19. The molecular weight excluding hydrogens is 1230 g/mol. The van der Waals surface area contributed by atoms with Crippen molar-refractivity contribution in [1.82, 2.24) is 15.0 Å². The lowest BCUT2D eigenvalue weighted by molar-refractivity contribution is 0.585. The smallest absolute Gasteiger partial charge is 0.209 e. The summed E-state index contributed by atoms with van der Waals surface area (Å²) in [7, 11) is -13.9. The maximum atomic E-state index is 19.5. The molecule has 0 fully saturated rings. The fraction of sp³-hybridized carbons (Fsp3) is 0.0690. The molecule has 16 rings (SSSR count). The third-order valence-electron chi connectivity index (χ3n) is 19.1. The van der Waals surface area contributed by atoms with Gasteiger partial charge in [0.2, 0.25) is 38.1 Å². The Morgan fingerprint density at radius 1 is 0.281 bits per heavy atom. The van der Waals surface area contributed by atoms with Gasteiger partial charge in [-0.3, -0.25) is 0 Å². The summed E-state index contributed by atoms with van der Waals surface area (Å²) in [5.41, 5.74) is 12.6. The van der Waals surface area contributed by atoms with Crippen LogP contribution in [0, 0.1) is 11.8 Å². The molecule has 6 aliphatic rings. The Balaban J connectivity index is 1.15. The lowest BCUT2D eigenvalue weighted by atomic mass is 9.81. The quantitative estimate of drug-likeness (QED) is 0.0950. The molecule has 0 radical (unpaired) electrons. The van der Waals surface area contributed by atoms with Crippen LogP contribution in [0.2, 0.25) is 0 Å². The Bertz CT molecular complexity index is 5160. The van der Waals surface area contributed by atoms with Crippen LogP contribution in [0.5, 0.6) is 0 Å². The van der Waals surface area contributed by atoms with Gasteiger partial charge in [0.1, 0.15) is 0 Å². The third-order valence-corrected chi connectivity index (χ3v) is 28.2. The zero-order chi connectivity index (χ0) is 64.6. The first kappa shape index (κ1) is 60.5. The summed E-state index contributed by atoms with van der Waals surface area (Å²) in [6.45, 7) is 0. The highest BCUT2D eigenvalue weighted by Crippen LogP contribution is 2.80. The molecule has 9 aromatic carbocycles. The Morgan fingerprint density at radius 3 is 0.896 bits per heavy atom. The molecule has 0 amide bonds. The van der Waals surface area contributed by atoms with E-state index in [0.29, 0.717) is 67.8 Å². The molecule has 3 aliphatic carbocycles. The average molecular weight is 1290 g/mol. The van der Waals surface area contributed by atoms with E-state index in [0.717, 1.165) is 78.8 Å². The molecule has 4 heterocycles. The number of hydrogen-bond donors (Lipinski definition) is 0. The predicted molar refractivity (Wildman–Crippen MR) is 400 cm³/mol. The fourth-order valence-corrected chi connectivity index (χ4v) is 25.3. The maximum Gasteiger partial charge on any atom is 0.209 e. The Morgan fingerprint density at radius 2 is 0.573 bits per heavy atom. The van der Waals surface area contributed by atoms with Crippen molar-refractivity contribution >= 4 is 87.0 Å². The molecule has 0 saturated carbocycles. The van der Waals surface area contributed by atoms with Crippen LogP contribution < -0.4 is 16.7 Å². The molecule has 9 heteroatoms. The van der Waals surface area contributed by atoms with Gasteiger partial charge in [-0.15, -0.1) is 0 Å². The van der Waals surface area contributed by atoms with E-state index in [9.17, 15) is 0 Å². The van der Waals surface area contributed by atoms with Gasteiger partial charge in [0.15, 0.2) is 0 Å². The summed E-state index contributed by atoms with van der Waals surface area (Å²) >= 11 is 0. The second kappa shape index (κ2) is 25.7. The molecule has 4 atom stereocenters. The van der Waals surface area contributed by atoms with E-state index in [-0.39, 0.29) is 22.6 Å². The number of rotatable bonds is 15. The van der Waals surface area contributed by atoms with Crippen molar-refractivity contribution in [1.29, 1.82) is 0 Å². The molecule has 0 bridgehead atoms. The molecule has 462 valence electrons. The van der Waals surface area contributed by atoms with Gasteiger partial charge in [-0.1, -0.05) is 340 Å². The second-order valence-corrected chi connectivity index (χ2v) is 32.3. The normalized spacial score (nSPS) is 21.3. The van der Waals surface area contributed by atoms with Gasteiger partial charge >= 0.3 is 0 Å². The summed E-state index contributed by atoms with van der Waals surface area (Å²) in [5, 5.41) is 3.35. The topological polar surface area (TPSA) is 89.9 Å². The Hall–Kier alpha value is -10.4. The van der Waals surface area contributed by atoms with Crippen LogP contribution in [-0.2, 0) is 13.7 Å². The van der Waals surface area contributed by atoms with E-state index in [2.05, 4.69) is 115 Å². The molecule has 0 spiro atoms. The first-order chi connectivity index (χ1) is 47.3. The highest BCUT2D eigenvalue weighted by atomic mass is 31.2. The summed E-state index contributed by atoms with van der Waals surface area (Å²) in [5.74, 6) is -0.646. The van der Waals surface area contributed by atoms with Crippen molar-refractivity contribution in [3.63, 3.8) is 0 Å². The molecule has 0 saturated heterocycles. The van der Waals surface area contributed by atoms with Crippen molar-refractivity contribution in [2.75, 3.05) is 0 Å². The van der Waals surface area contributed by atoms with Crippen molar-refractivity contribution in [3.05, 3.63) is 412 Å². The van der Waals surface area contributed by atoms with Crippen LogP contribution in [0.3, 0.4) is 0 Å². The van der Waals surface area contributed by atoms with E-state index in [4.69, 9.17) is 15.0 Å². The van der Waals surface area contributed by atoms with Gasteiger partial charge in [0, 0.05) is 60.4 Å². The van der Waals surface area contributed by atoms with Crippen LogP contribution in [0.25, 0.3) is 48.9 Å². The molecule has 1 aromatic heterocycles. The molecule has 0 N–H and O–H groups in total. The molecule has 3 aliphatic heterocycles. The molecular formula is C87H66N3O3P3. The minimum atomic E-state index is -4.66. The minimum Gasteiger partial charge on any atom is -0.306 e. The van der Waals surface area contributed by atoms with Crippen molar-refractivity contribution in [2.45, 2.75) is 25.7 Å². The Kier molecular flexibility index (Phi) is 16.2. The van der Waals surface area contributed by atoms with Crippen molar-refractivity contribution in [2.24, 2.45) is 11.8 Å². The first-order valence-electron chi connectivity index (χ1n) is 32.9. The SMILES string of the molecule is O=P1(c2nc(P3(=O)C(c4ccccc4)=C(c4ccccc4)C(c4ccccc4)=C3c3ccccc3)nc(P3(=O)C(c4ccccc4)=C(c4ccccc4)C(C4C=CC=CC4)=C3C3C=CC=CC3)n2)C(c2ccccc2)=C(C2=CC=CCC2)C(c2ccccc2)=C1c1ccccc1. The number of hydrogen-bond acceptors (Lipinski definition) is 6. The summed E-state index contributed by atoms with van der Waals surface area (Å²) < 4.78 is 58.5. The molecule has 96 heavy (non-hydrogen) atoms. The van der Waals surface area contributed by atoms with Crippen LogP contribution in [-0.4, -0.2) is 15.0 Å². The largest absolute Gasteiger partial charge is 0.306 e. The van der Waals surface area contributed by atoms with Crippen molar-refractivity contribution in [3.8, 4) is 0 Å². The highest BCUT2D eigenvalue weighted by molar-refractivity contribution is 7.92. The fourth-order valence-electron chi connectivity index (χ4n) is 15.1. The molecule has 10 aromatic rings. The van der Waals surface area contributed by atoms with Crippen LogP contribution in [0.4, 0.5) is 0 Å². The zero-order valence-corrected chi connectivity index (χ0v) is 55.4. The van der Waals surface area contributed by atoms with Gasteiger partial charge < -0.3 is 13.7 Å². The lowest BCUT2D eigenvalue weighted by Gasteiger charge is -2.29. The standard InChI is InChI=1S/C87H66N3O3P3/c91-94(79(67-49-25-7-26-50-67)73(61-37-13-1-14-38-61)74(62-39-15-2-16-40-62)80(94)68-51-27-8-28-52-68)85-88-86(95(92)81(69-53-29-9-30-54-69)75(63-41-17-3-18-42-63)76(64-43-19-4-20-44-64)82(95)70-55-31-10-32-56-70)90-87(89-85)96(93)83(71-57-33-11-34-58-71)77(65-45-21-5-22-46-65)78(66-47-23-6-24-48-66)84(96)72-59-35-12-36-60-72/h1-23,25-43,45-47,49-55,57-60,64,70H,24,44,48,56H2. The number of benzene rings is 9. The zero-order valence-electron chi connectivity index (χ0n) is 52.7. The van der Waals surface area contributed by atoms with E-state index in [1.165, 1.54) is 0 Å². The minimum absolute atomic E-state index is 0.0767. The summed E-state index contributed by atoms with van der Waals surface area (Å²) in [4.78, 5) is 17.8. The lowest BCUT2D eigenvalue weighted by Crippen LogP contribution is -2.36. The van der Waals surface area contributed by atoms with Crippen LogP contribution in [0.15, 0.2) is 362 Å². The second-order valence-electron chi connectivity index (χ2n) is 24.7. The maximum absolute atomic E-state index is 19.5. The third kappa shape index (κ3) is 10.3. The average Bonchev–Trinajstić information content (AvgIpc) is 1.51. The summed E-state index contributed by atoms with van der Waals surface area (Å²) in [6.07, 6.45) is 26.1. The van der Waals surface area contributed by atoms with Gasteiger partial charge in [-0.2, -0.15) is 0 Å². The highest BCUT2D eigenvalue weighted by Gasteiger charge is 2.56. The number of aromatic nitrogens is 3. The summed E-state index contributed by atoms with van der Waals surface area (Å²) in [6, 6.07) is 91.0. The van der Waals surface area contributed by atoms with E-state index < -0.39 is 27.3 Å². The van der Waals surface area contributed by atoms with Crippen molar-refractivity contribution < 1.29 is 13.7 Å². The predicted octanol–water partition coefficient (Wildman–Crippen LogP) is 21.4. The number of nitrogens with zero attached hydrogens (tertiary/aromatic N) is 3. The van der Waals surface area contributed by atoms with Gasteiger partial charge in [-0.05, 0) is 98.0 Å². The van der Waals surface area contributed by atoms with E-state index >= 15 is 13.7 Å². The van der Waals surface area contributed by atoms with Gasteiger partial charge in [0.05, 0.1) is 0 Å². The monoisotopic (exact) mass is 1290 g/mol.